The Bertz CT molecular complexity index is 614. The zero-order valence-corrected chi connectivity index (χ0v) is 12.0. The van der Waals surface area contributed by atoms with E-state index in [-0.39, 0.29) is 5.41 Å². The average molecular weight is 274 g/mol. The number of hydrogen-bond donors (Lipinski definition) is 2. The van der Waals surface area contributed by atoms with Gasteiger partial charge in [-0.2, -0.15) is 0 Å². The van der Waals surface area contributed by atoms with Crippen LogP contribution in [0.15, 0.2) is 28.9 Å². The lowest BCUT2D eigenvalue weighted by atomic mass is 9.93. The van der Waals surface area contributed by atoms with Gasteiger partial charge in [-0.05, 0) is 18.6 Å². The Morgan fingerprint density at radius 3 is 2.65 bits per heavy atom. The van der Waals surface area contributed by atoms with E-state index in [4.69, 9.17) is 4.52 Å². The number of hydrogen-bond acceptors (Lipinski definition) is 4. The summed E-state index contributed by atoms with van der Waals surface area (Å²) in [4.78, 5) is 15.9. The number of anilines is 2. The molecule has 0 aliphatic rings. The van der Waals surface area contributed by atoms with Gasteiger partial charge in [0.1, 0.15) is 11.6 Å². The highest BCUT2D eigenvalue weighted by atomic mass is 16.5. The predicted octanol–water partition coefficient (Wildman–Crippen LogP) is 3.32. The highest BCUT2D eigenvalue weighted by Gasteiger charge is 2.20. The van der Waals surface area contributed by atoms with Crippen LogP contribution in [-0.4, -0.2) is 16.2 Å². The molecule has 2 amide bonds. The van der Waals surface area contributed by atoms with Crippen LogP contribution >= 0.6 is 0 Å². The Hall–Kier alpha value is -2.37. The molecular formula is C14H18N4O2. The fourth-order valence-electron chi connectivity index (χ4n) is 1.56. The first-order valence-electron chi connectivity index (χ1n) is 6.33. The molecule has 0 saturated carbocycles. The number of nitrogens with zero attached hydrogens (tertiary/aromatic N) is 2. The molecule has 0 aromatic carbocycles. The molecule has 0 saturated heterocycles. The molecule has 2 N–H and O–H groups in total. The van der Waals surface area contributed by atoms with Gasteiger partial charge >= 0.3 is 6.03 Å². The summed E-state index contributed by atoms with van der Waals surface area (Å²) in [6.07, 6.45) is 1.62. The predicted molar refractivity (Wildman–Crippen MR) is 76.8 cm³/mol. The number of pyridine rings is 1. The van der Waals surface area contributed by atoms with Crippen molar-refractivity contribution in [3.8, 4) is 0 Å². The van der Waals surface area contributed by atoms with E-state index in [9.17, 15) is 4.79 Å². The van der Waals surface area contributed by atoms with Crippen molar-refractivity contribution in [1.82, 2.24) is 10.1 Å². The van der Waals surface area contributed by atoms with Crippen LogP contribution in [0.4, 0.5) is 16.4 Å². The van der Waals surface area contributed by atoms with E-state index < -0.39 is 6.03 Å². The minimum Gasteiger partial charge on any atom is -0.359 e. The lowest BCUT2D eigenvalue weighted by Gasteiger charge is -2.12. The van der Waals surface area contributed by atoms with Crippen molar-refractivity contribution in [2.45, 2.75) is 33.1 Å². The molecule has 0 aliphatic carbocycles. The number of aryl methyl sites for hydroxylation is 1. The first-order chi connectivity index (χ1) is 9.36. The topological polar surface area (TPSA) is 80.0 Å². The van der Waals surface area contributed by atoms with Gasteiger partial charge in [0, 0.05) is 17.7 Å². The summed E-state index contributed by atoms with van der Waals surface area (Å²) in [5, 5.41) is 9.10. The van der Waals surface area contributed by atoms with Crippen LogP contribution < -0.4 is 10.6 Å². The molecule has 0 spiro atoms. The van der Waals surface area contributed by atoms with Gasteiger partial charge in [-0.1, -0.05) is 32.0 Å². The second-order valence-electron chi connectivity index (χ2n) is 5.57. The Kier molecular flexibility index (Phi) is 3.74. The quantitative estimate of drug-likeness (QED) is 0.880. The highest BCUT2D eigenvalue weighted by Crippen LogP contribution is 2.24. The molecule has 0 atom stereocenters. The number of carbonyl (C=O) groups is 1. The Labute approximate surface area is 117 Å². The van der Waals surface area contributed by atoms with Crippen molar-refractivity contribution in [2.75, 3.05) is 10.6 Å². The van der Waals surface area contributed by atoms with Crippen LogP contribution in [0.3, 0.4) is 0 Å². The largest absolute Gasteiger partial charge is 0.359 e. The van der Waals surface area contributed by atoms with Gasteiger partial charge < -0.3 is 4.52 Å². The van der Waals surface area contributed by atoms with Gasteiger partial charge in [0.25, 0.3) is 0 Å². The zero-order chi connectivity index (χ0) is 14.8. The number of carbonyl (C=O) groups excluding carboxylic acids is 1. The molecule has 2 heterocycles. The molecule has 2 aromatic heterocycles. The number of urea groups is 1. The summed E-state index contributed by atoms with van der Waals surface area (Å²) < 4.78 is 5.20. The minimum absolute atomic E-state index is 0.152. The first-order valence-corrected chi connectivity index (χ1v) is 6.33. The van der Waals surface area contributed by atoms with Gasteiger partial charge in [0.15, 0.2) is 5.82 Å². The van der Waals surface area contributed by atoms with Crippen molar-refractivity contribution < 1.29 is 9.32 Å². The fourth-order valence-corrected chi connectivity index (χ4v) is 1.56. The summed E-state index contributed by atoms with van der Waals surface area (Å²) in [7, 11) is 0. The Morgan fingerprint density at radius 1 is 1.30 bits per heavy atom. The van der Waals surface area contributed by atoms with Gasteiger partial charge in [0.05, 0.1) is 0 Å². The minimum atomic E-state index is -0.402. The van der Waals surface area contributed by atoms with E-state index in [1.807, 2.05) is 39.8 Å². The third-order valence-corrected chi connectivity index (χ3v) is 2.73. The summed E-state index contributed by atoms with van der Waals surface area (Å²) in [6, 6.07) is 4.99. The molecular weight excluding hydrogens is 256 g/mol. The van der Waals surface area contributed by atoms with Crippen molar-refractivity contribution in [3.63, 3.8) is 0 Å². The van der Waals surface area contributed by atoms with E-state index in [1.54, 1.807) is 12.3 Å². The van der Waals surface area contributed by atoms with Gasteiger partial charge in [-0.15, -0.1) is 0 Å². The summed E-state index contributed by atoms with van der Waals surface area (Å²) in [5.41, 5.74) is 0.735. The lowest BCUT2D eigenvalue weighted by molar-refractivity contribution is 0.261. The Balaban J connectivity index is 2.02. The monoisotopic (exact) mass is 274 g/mol. The van der Waals surface area contributed by atoms with E-state index in [2.05, 4.69) is 20.8 Å². The number of rotatable bonds is 2. The maximum Gasteiger partial charge on any atom is 0.326 e. The maximum absolute atomic E-state index is 11.8. The normalized spacial score (nSPS) is 11.2. The second kappa shape index (κ2) is 5.32. The van der Waals surface area contributed by atoms with Crippen LogP contribution in [0.25, 0.3) is 0 Å². The van der Waals surface area contributed by atoms with Crippen LogP contribution in [0, 0.1) is 6.92 Å². The molecule has 0 radical (unpaired) electrons. The van der Waals surface area contributed by atoms with Crippen LogP contribution in [0.2, 0.25) is 0 Å². The summed E-state index contributed by atoms with van der Waals surface area (Å²) in [5.74, 6) is 1.60. The van der Waals surface area contributed by atoms with E-state index in [1.165, 1.54) is 0 Å². The van der Waals surface area contributed by atoms with Crippen molar-refractivity contribution >= 4 is 17.7 Å². The van der Waals surface area contributed by atoms with E-state index in [0.717, 1.165) is 5.56 Å². The molecule has 6 nitrogen and oxygen atoms in total. The molecule has 0 aliphatic heterocycles. The zero-order valence-electron chi connectivity index (χ0n) is 12.0. The second-order valence-corrected chi connectivity index (χ2v) is 5.57. The number of nitrogens with one attached hydrogen (secondary N) is 2. The van der Waals surface area contributed by atoms with E-state index >= 15 is 0 Å². The van der Waals surface area contributed by atoms with Crippen LogP contribution in [0.1, 0.15) is 32.1 Å². The first kappa shape index (κ1) is 14.0. The molecule has 20 heavy (non-hydrogen) atoms. The molecule has 0 unspecified atom stereocenters. The SMILES string of the molecule is Cc1cccnc1NC(=O)Nc1cc(C(C)(C)C)on1. The van der Waals surface area contributed by atoms with Crippen LogP contribution in [-0.2, 0) is 5.41 Å². The number of amides is 2. The van der Waals surface area contributed by atoms with E-state index in [0.29, 0.717) is 17.4 Å². The van der Waals surface area contributed by atoms with Gasteiger partial charge in [-0.25, -0.2) is 9.78 Å². The van der Waals surface area contributed by atoms with Crippen molar-refractivity contribution in [2.24, 2.45) is 0 Å². The smallest absolute Gasteiger partial charge is 0.326 e. The molecule has 2 aromatic rings. The average Bonchev–Trinajstić information content (AvgIpc) is 2.80. The summed E-state index contributed by atoms with van der Waals surface area (Å²) in [6.45, 7) is 7.90. The molecule has 106 valence electrons. The lowest BCUT2D eigenvalue weighted by Crippen LogP contribution is -2.20. The standard InChI is InChI=1S/C14H18N4O2/c1-9-6-5-7-15-12(9)17-13(19)16-11-8-10(20-18-11)14(2,3)4/h5-8H,1-4H3,(H2,15,16,17,18,19). The van der Waals surface area contributed by atoms with Gasteiger partial charge in [-0.3, -0.25) is 10.6 Å². The maximum atomic E-state index is 11.8. The number of aromatic nitrogens is 2. The van der Waals surface area contributed by atoms with Crippen molar-refractivity contribution in [3.05, 3.63) is 35.7 Å². The van der Waals surface area contributed by atoms with Crippen LogP contribution in [0.5, 0.6) is 0 Å². The van der Waals surface area contributed by atoms with Gasteiger partial charge in [0.2, 0.25) is 0 Å². The van der Waals surface area contributed by atoms with Crippen molar-refractivity contribution in [1.29, 1.82) is 0 Å². The fraction of sp³-hybridized carbons (Fsp3) is 0.357. The third kappa shape index (κ3) is 3.34. The molecule has 0 bridgehead atoms. The third-order valence-electron chi connectivity index (χ3n) is 2.73. The molecule has 2 rings (SSSR count). The molecule has 6 heteroatoms. The Morgan fingerprint density at radius 2 is 2.05 bits per heavy atom. The molecule has 0 fully saturated rings. The summed E-state index contributed by atoms with van der Waals surface area (Å²) >= 11 is 0. The highest BCUT2D eigenvalue weighted by molar-refractivity contribution is 5.98.